The number of carboxylic acid groups (broad SMARTS) is 4. The van der Waals surface area contributed by atoms with Crippen molar-refractivity contribution in [3.05, 3.63) is 0 Å². The summed E-state index contributed by atoms with van der Waals surface area (Å²) in [5.41, 5.74) is 0. The van der Waals surface area contributed by atoms with Crippen molar-refractivity contribution in [3.63, 3.8) is 0 Å². The normalized spacial score (nSPS) is 12.2. The molecule has 0 aliphatic heterocycles. The van der Waals surface area contributed by atoms with Gasteiger partial charge < -0.3 is 25.7 Å². The fourth-order valence-electron chi connectivity index (χ4n) is 3.69. The lowest BCUT2D eigenvalue weighted by atomic mass is 10.0. The molecule has 192 valence electrons. The summed E-state index contributed by atoms with van der Waals surface area (Å²) in [7, 11) is 0. The van der Waals surface area contributed by atoms with Crippen molar-refractivity contribution in [2.45, 2.75) is 70.8 Å². The minimum atomic E-state index is -1.13. The lowest BCUT2D eigenvalue weighted by Gasteiger charge is -2.30. The van der Waals surface area contributed by atoms with Crippen LogP contribution in [0.3, 0.4) is 0 Å². The van der Waals surface area contributed by atoms with Gasteiger partial charge in [0.2, 0.25) is 0 Å². The summed E-state index contributed by atoms with van der Waals surface area (Å²) in [4.78, 5) is 47.0. The van der Waals surface area contributed by atoms with Crippen LogP contribution >= 0.6 is 0 Å². The first kappa shape index (κ1) is 30.8. The first-order chi connectivity index (χ1) is 15.6. The molecule has 0 aromatic carbocycles. The Balaban J connectivity index is 4.75. The van der Waals surface area contributed by atoms with E-state index >= 15 is 0 Å². The fraction of sp³-hybridized carbons (Fsp3) is 0.818. The molecular formula is C22H41N3O8. The second-order valence-corrected chi connectivity index (χ2v) is 8.31. The van der Waals surface area contributed by atoms with Crippen LogP contribution in [-0.4, -0.2) is 106 Å². The van der Waals surface area contributed by atoms with Gasteiger partial charge in [0.05, 0.1) is 26.2 Å². The average Bonchev–Trinajstić information content (AvgIpc) is 2.69. The third kappa shape index (κ3) is 19.0. The van der Waals surface area contributed by atoms with E-state index in [1.807, 2.05) is 0 Å². The SMILES string of the molecule is CCCCCCCCCCC(CNCCN(CC(=O)O)CC(=O)O)N(CC(=O)O)CC(=O)O. The van der Waals surface area contributed by atoms with E-state index in [2.05, 4.69) is 12.2 Å². The molecule has 0 aromatic rings. The van der Waals surface area contributed by atoms with E-state index in [1.54, 1.807) is 0 Å². The number of unbranched alkanes of at least 4 members (excludes halogenated alkanes) is 7. The summed E-state index contributed by atoms with van der Waals surface area (Å²) in [6.45, 7) is 1.39. The maximum atomic E-state index is 11.2. The minimum absolute atomic E-state index is 0.181. The molecule has 1 unspecified atom stereocenters. The Morgan fingerprint density at radius 3 is 1.61 bits per heavy atom. The predicted molar refractivity (Wildman–Crippen MR) is 122 cm³/mol. The molecule has 0 amide bonds. The zero-order valence-electron chi connectivity index (χ0n) is 19.7. The summed E-state index contributed by atoms with van der Waals surface area (Å²) >= 11 is 0. The molecular weight excluding hydrogens is 434 g/mol. The van der Waals surface area contributed by atoms with Gasteiger partial charge >= 0.3 is 23.9 Å². The second-order valence-electron chi connectivity index (χ2n) is 8.31. The highest BCUT2D eigenvalue weighted by molar-refractivity contribution is 5.73. The van der Waals surface area contributed by atoms with Crippen LogP contribution in [0.25, 0.3) is 0 Å². The van der Waals surface area contributed by atoms with Gasteiger partial charge in [0.1, 0.15) is 0 Å². The molecule has 0 saturated carbocycles. The number of carboxylic acids is 4. The molecule has 33 heavy (non-hydrogen) atoms. The van der Waals surface area contributed by atoms with Gasteiger partial charge in [0.25, 0.3) is 0 Å². The summed E-state index contributed by atoms with van der Waals surface area (Å²) in [6.07, 6.45) is 9.57. The molecule has 0 aliphatic rings. The van der Waals surface area contributed by atoms with E-state index in [-0.39, 0.29) is 25.7 Å². The van der Waals surface area contributed by atoms with Crippen molar-refractivity contribution in [1.29, 1.82) is 0 Å². The number of rotatable bonds is 23. The van der Waals surface area contributed by atoms with Crippen LogP contribution in [0.1, 0.15) is 64.7 Å². The molecule has 0 spiro atoms. The monoisotopic (exact) mass is 475 g/mol. The summed E-state index contributed by atoms with van der Waals surface area (Å²) in [5.74, 6) is -4.46. The van der Waals surface area contributed by atoms with Crippen LogP contribution < -0.4 is 5.32 Å². The van der Waals surface area contributed by atoms with Gasteiger partial charge in [0, 0.05) is 25.7 Å². The molecule has 0 radical (unpaired) electrons. The van der Waals surface area contributed by atoms with Crippen LogP contribution in [0.4, 0.5) is 0 Å². The lowest BCUT2D eigenvalue weighted by Crippen LogP contribution is -2.48. The highest BCUT2D eigenvalue weighted by Gasteiger charge is 2.23. The van der Waals surface area contributed by atoms with E-state index < -0.39 is 37.0 Å². The lowest BCUT2D eigenvalue weighted by molar-refractivity contribution is -0.144. The number of hydrogen-bond acceptors (Lipinski definition) is 7. The Morgan fingerprint density at radius 1 is 0.697 bits per heavy atom. The van der Waals surface area contributed by atoms with Crippen molar-refractivity contribution in [1.82, 2.24) is 15.1 Å². The maximum absolute atomic E-state index is 11.2. The minimum Gasteiger partial charge on any atom is -0.480 e. The number of nitrogens with one attached hydrogen (secondary N) is 1. The Labute approximate surface area is 195 Å². The smallest absolute Gasteiger partial charge is 0.317 e. The van der Waals surface area contributed by atoms with Crippen LogP contribution in [0, 0.1) is 0 Å². The first-order valence-electron chi connectivity index (χ1n) is 11.7. The van der Waals surface area contributed by atoms with Gasteiger partial charge in [-0.15, -0.1) is 0 Å². The summed E-state index contributed by atoms with van der Waals surface area (Å²) in [5, 5.41) is 39.3. The number of carbonyl (C=O) groups is 4. The number of nitrogens with zero attached hydrogens (tertiary/aromatic N) is 2. The summed E-state index contributed by atoms with van der Waals surface area (Å²) in [6, 6.07) is -0.315. The van der Waals surface area contributed by atoms with Crippen molar-refractivity contribution >= 4 is 23.9 Å². The van der Waals surface area contributed by atoms with Crippen molar-refractivity contribution in [2.24, 2.45) is 0 Å². The molecule has 11 heteroatoms. The molecule has 0 fully saturated rings. The number of hydrogen-bond donors (Lipinski definition) is 5. The highest BCUT2D eigenvalue weighted by Crippen LogP contribution is 2.13. The van der Waals surface area contributed by atoms with Gasteiger partial charge in [-0.2, -0.15) is 0 Å². The van der Waals surface area contributed by atoms with Gasteiger partial charge in [-0.25, -0.2) is 0 Å². The molecule has 5 N–H and O–H groups in total. The van der Waals surface area contributed by atoms with Gasteiger partial charge in [-0.3, -0.25) is 29.0 Å². The zero-order valence-corrected chi connectivity index (χ0v) is 19.7. The van der Waals surface area contributed by atoms with Gasteiger partial charge in [-0.1, -0.05) is 58.3 Å². The van der Waals surface area contributed by atoms with Crippen molar-refractivity contribution in [3.8, 4) is 0 Å². The van der Waals surface area contributed by atoms with Crippen molar-refractivity contribution < 1.29 is 39.6 Å². The van der Waals surface area contributed by atoms with Crippen LogP contribution in [0.5, 0.6) is 0 Å². The Bertz CT molecular complexity index is 556. The van der Waals surface area contributed by atoms with Crippen LogP contribution in [-0.2, 0) is 19.2 Å². The fourth-order valence-corrected chi connectivity index (χ4v) is 3.69. The Hall–Kier alpha value is -2.24. The van der Waals surface area contributed by atoms with Gasteiger partial charge in [-0.05, 0) is 6.42 Å². The second kappa shape index (κ2) is 19.2. The van der Waals surface area contributed by atoms with E-state index in [9.17, 15) is 29.4 Å². The molecule has 0 aromatic heterocycles. The molecule has 0 rings (SSSR count). The molecule has 11 nitrogen and oxygen atoms in total. The topological polar surface area (TPSA) is 168 Å². The summed E-state index contributed by atoms with van der Waals surface area (Å²) < 4.78 is 0. The highest BCUT2D eigenvalue weighted by atomic mass is 16.4. The van der Waals surface area contributed by atoms with Gasteiger partial charge in [0.15, 0.2) is 0 Å². The zero-order chi connectivity index (χ0) is 25.1. The first-order valence-corrected chi connectivity index (χ1v) is 11.7. The third-order valence-electron chi connectivity index (χ3n) is 5.29. The molecule has 0 bridgehead atoms. The average molecular weight is 476 g/mol. The maximum Gasteiger partial charge on any atom is 0.317 e. The molecule has 0 saturated heterocycles. The molecule has 0 aliphatic carbocycles. The van der Waals surface area contributed by atoms with Crippen molar-refractivity contribution in [2.75, 3.05) is 45.8 Å². The largest absolute Gasteiger partial charge is 0.480 e. The quantitative estimate of drug-likeness (QED) is 0.136. The van der Waals surface area contributed by atoms with E-state index in [0.29, 0.717) is 19.5 Å². The van der Waals surface area contributed by atoms with Crippen LogP contribution in [0.2, 0.25) is 0 Å². The number of aliphatic carboxylic acids is 4. The van der Waals surface area contributed by atoms with E-state index in [1.165, 1.54) is 35.5 Å². The Morgan fingerprint density at radius 2 is 1.15 bits per heavy atom. The third-order valence-corrected chi connectivity index (χ3v) is 5.29. The van der Waals surface area contributed by atoms with E-state index in [0.717, 1.165) is 25.7 Å². The van der Waals surface area contributed by atoms with E-state index in [4.69, 9.17) is 10.2 Å². The predicted octanol–water partition coefficient (Wildman–Crippen LogP) is 1.42. The standard InChI is InChI=1S/C22H41N3O8/c1-2-3-4-5-6-7-8-9-10-18(25(16-21(30)31)17-22(32)33)13-23-11-12-24(14-19(26)27)15-20(28)29/h18,23H,2-17H2,1H3,(H,26,27)(H,28,29)(H,30,31)(H,32,33). The molecule has 0 heterocycles. The molecule has 1 atom stereocenters. The Kier molecular flexibility index (Phi) is 17.9. The van der Waals surface area contributed by atoms with Crippen LogP contribution in [0.15, 0.2) is 0 Å².